The molecule has 0 aromatic heterocycles. The van der Waals surface area contributed by atoms with E-state index in [0.29, 0.717) is 37.2 Å². The zero-order valence-electron chi connectivity index (χ0n) is 14.3. The van der Waals surface area contributed by atoms with Gasteiger partial charge in [-0.2, -0.15) is 4.31 Å². The molecule has 8 heteroatoms. The van der Waals surface area contributed by atoms with Crippen LogP contribution in [0.1, 0.15) is 18.4 Å². The molecule has 4 rings (SSSR count). The Labute approximate surface area is 156 Å². The molecule has 25 heavy (non-hydrogen) atoms. The summed E-state index contributed by atoms with van der Waals surface area (Å²) in [4.78, 5) is 2.85. The van der Waals surface area contributed by atoms with Gasteiger partial charge in [0.15, 0.2) is 0 Å². The summed E-state index contributed by atoms with van der Waals surface area (Å²) in [5, 5.41) is 3.40. The number of anilines is 1. The van der Waals surface area contributed by atoms with Crippen molar-refractivity contribution in [2.24, 2.45) is 0 Å². The van der Waals surface area contributed by atoms with Crippen molar-refractivity contribution in [2.75, 3.05) is 50.8 Å². The number of nitrogens with zero attached hydrogens (tertiary/aromatic N) is 2. The minimum atomic E-state index is -3.42. The molecule has 0 amide bonds. The van der Waals surface area contributed by atoms with Crippen molar-refractivity contribution in [3.63, 3.8) is 0 Å². The van der Waals surface area contributed by atoms with Gasteiger partial charge in [-0.05, 0) is 50.0 Å². The van der Waals surface area contributed by atoms with E-state index in [1.807, 2.05) is 12.1 Å². The van der Waals surface area contributed by atoms with Crippen LogP contribution in [0.25, 0.3) is 0 Å². The monoisotopic (exact) mass is 387 g/mol. The van der Waals surface area contributed by atoms with Gasteiger partial charge in [0.25, 0.3) is 0 Å². The van der Waals surface area contributed by atoms with E-state index in [4.69, 9.17) is 4.74 Å². The van der Waals surface area contributed by atoms with E-state index in [2.05, 4.69) is 10.2 Å². The molecule has 2 fully saturated rings. The topological polar surface area (TPSA) is 61.9 Å². The van der Waals surface area contributed by atoms with Crippen LogP contribution in [0.2, 0.25) is 0 Å². The molecule has 140 valence electrons. The number of halogens is 1. The van der Waals surface area contributed by atoms with Crippen molar-refractivity contribution in [3.8, 4) is 0 Å². The van der Waals surface area contributed by atoms with Crippen molar-refractivity contribution >= 4 is 28.1 Å². The second-order valence-electron chi connectivity index (χ2n) is 6.73. The third-order valence-corrected chi connectivity index (χ3v) is 7.24. The maximum Gasteiger partial charge on any atom is 0.243 e. The number of ether oxygens (including phenoxy) is 1. The first kappa shape index (κ1) is 18.9. The molecule has 0 aliphatic carbocycles. The van der Waals surface area contributed by atoms with Gasteiger partial charge in [-0.25, -0.2) is 8.42 Å². The Morgan fingerprint density at radius 2 is 1.80 bits per heavy atom. The van der Waals surface area contributed by atoms with Crippen LogP contribution in [-0.4, -0.2) is 64.7 Å². The first-order valence-electron chi connectivity index (χ1n) is 8.84. The second-order valence-corrected chi connectivity index (χ2v) is 8.67. The average Bonchev–Trinajstić information content (AvgIpc) is 3.06. The molecule has 0 radical (unpaired) electrons. The molecular formula is C17H26ClN3O3S. The summed E-state index contributed by atoms with van der Waals surface area (Å²) in [5.41, 5.74) is 2.39. The Morgan fingerprint density at radius 3 is 2.52 bits per heavy atom. The van der Waals surface area contributed by atoms with Crippen LogP contribution in [0.15, 0.2) is 23.1 Å². The van der Waals surface area contributed by atoms with E-state index in [-0.39, 0.29) is 12.4 Å². The van der Waals surface area contributed by atoms with Gasteiger partial charge < -0.3 is 15.0 Å². The molecule has 0 bridgehead atoms. The van der Waals surface area contributed by atoms with Crippen LogP contribution >= 0.6 is 12.4 Å². The average molecular weight is 388 g/mol. The normalized spacial score (nSPS) is 22.5. The zero-order valence-corrected chi connectivity index (χ0v) is 15.9. The first-order chi connectivity index (χ1) is 11.7. The van der Waals surface area contributed by atoms with E-state index in [1.165, 1.54) is 5.56 Å². The predicted octanol–water partition coefficient (Wildman–Crippen LogP) is 1.24. The standard InChI is InChI=1S/C17H25N3O3S.ClH/c21-24(22,19-9-11-23-12-10-19)16-2-1-14-5-8-20(17(14)13-16)15-3-6-18-7-4-15;/h1-2,13,15,18H,3-12H2;1H. The van der Waals surface area contributed by atoms with Gasteiger partial charge >= 0.3 is 0 Å². The molecule has 6 nitrogen and oxygen atoms in total. The summed E-state index contributed by atoms with van der Waals surface area (Å²) in [5.74, 6) is 0. The van der Waals surface area contributed by atoms with Crippen LogP contribution in [0.3, 0.4) is 0 Å². The van der Waals surface area contributed by atoms with Crippen LogP contribution < -0.4 is 10.2 Å². The van der Waals surface area contributed by atoms with Crippen molar-refractivity contribution in [3.05, 3.63) is 23.8 Å². The third-order valence-electron chi connectivity index (χ3n) is 5.35. The fraction of sp³-hybridized carbons (Fsp3) is 0.647. The Bertz CT molecular complexity index is 701. The van der Waals surface area contributed by atoms with Gasteiger partial charge in [-0.3, -0.25) is 0 Å². The lowest BCUT2D eigenvalue weighted by atomic mass is 10.0. The summed E-state index contributed by atoms with van der Waals surface area (Å²) in [6.07, 6.45) is 3.26. The smallest absolute Gasteiger partial charge is 0.243 e. The molecule has 1 N–H and O–H groups in total. The number of morpholine rings is 1. The lowest BCUT2D eigenvalue weighted by Crippen LogP contribution is -2.42. The highest BCUT2D eigenvalue weighted by Crippen LogP contribution is 2.34. The highest BCUT2D eigenvalue weighted by molar-refractivity contribution is 7.89. The number of fused-ring (bicyclic) bond motifs is 1. The van der Waals surface area contributed by atoms with E-state index < -0.39 is 10.0 Å². The molecule has 0 unspecified atom stereocenters. The lowest BCUT2D eigenvalue weighted by Gasteiger charge is -2.34. The number of rotatable bonds is 3. The number of nitrogens with one attached hydrogen (secondary N) is 1. The van der Waals surface area contributed by atoms with E-state index in [9.17, 15) is 8.42 Å². The summed E-state index contributed by atoms with van der Waals surface area (Å²) in [7, 11) is -3.42. The van der Waals surface area contributed by atoms with Crippen molar-refractivity contribution in [2.45, 2.75) is 30.2 Å². The second kappa shape index (κ2) is 7.80. The third kappa shape index (κ3) is 3.66. The Balaban J connectivity index is 0.00000182. The molecular weight excluding hydrogens is 362 g/mol. The van der Waals surface area contributed by atoms with Gasteiger partial charge in [0.2, 0.25) is 10.0 Å². The van der Waals surface area contributed by atoms with Gasteiger partial charge in [0.05, 0.1) is 18.1 Å². The Kier molecular flexibility index (Phi) is 5.90. The first-order valence-corrected chi connectivity index (χ1v) is 10.3. The maximum absolute atomic E-state index is 12.9. The SMILES string of the molecule is Cl.O=S(=O)(c1ccc2c(c1)N(C1CCNCC1)CC2)N1CCOCC1. The molecule has 0 atom stereocenters. The molecule has 2 saturated heterocycles. The molecule has 0 saturated carbocycles. The summed E-state index contributed by atoms with van der Waals surface area (Å²) < 4.78 is 32.6. The quantitative estimate of drug-likeness (QED) is 0.845. The minimum Gasteiger partial charge on any atom is -0.379 e. The number of hydrogen-bond donors (Lipinski definition) is 1. The Hall–Kier alpha value is -0.860. The number of benzene rings is 1. The van der Waals surface area contributed by atoms with Gasteiger partial charge in [0, 0.05) is 31.4 Å². The number of piperidine rings is 1. The van der Waals surface area contributed by atoms with Crippen LogP contribution in [0.4, 0.5) is 5.69 Å². The van der Waals surface area contributed by atoms with Crippen LogP contribution in [0, 0.1) is 0 Å². The van der Waals surface area contributed by atoms with Crippen molar-refractivity contribution in [1.29, 1.82) is 0 Å². The molecule has 3 aliphatic rings. The number of sulfonamides is 1. The van der Waals surface area contributed by atoms with E-state index in [1.54, 1.807) is 10.4 Å². The highest BCUT2D eigenvalue weighted by atomic mass is 35.5. The lowest BCUT2D eigenvalue weighted by molar-refractivity contribution is 0.0730. The molecule has 3 aliphatic heterocycles. The Morgan fingerprint density at radius 1 is 1.08 bits per heavy atom. The summed E-state index contributed by atoms with van der Waals surface area (Å²) >= 11 is 0. The van der Waals surface area contributed by atoms with Crippen LogP contribution in [0.5, 0.6) is 0 Å². The molecule has 0 spiro atoms. The van der Waals surface area contributed by atoms with Crippen molar-refractivity contribution in [1.82, 2.24) is 9.62 Å². The summed E-state index contributed by atoms with van der Waals surface area (Å²) in [6, 6.07) is 6.20. The fourth-order valence-electron chi connectivity index (χ4n) is 3.98. The van der Waals surface area contributed by atoms with E-state index >= 15 is 0 Å². The summed E-state index contributed by atoms with van der Waals surface area (Å²) in [6.45, 7) is 4.93. The van der Waals surface area contributed by atoms with Crippen LogP contribution in [-0.2, 0) is 21.2 Å². The van der Waals surface area contributed by atoms with E-state index in [0.717, 1.165) is 44.6 Å². The predicted molar refractivity (Wildman–Crippen MR) is 100 cm³/mol. The molecule has 3 heterocycles. The number of hydrogen-bond acceptors (Lipinski definition) is 5. The zero-order chi connectivity index (χ0) is 16.6. The fourth-order valence-corrected chi connectivity index (χ4v) is 5.41. The maximum atomic E-state index is 12.9. The minimum absolute atomic E-state index is 0. The molecule has 1 aromatic carbocycles. The van der Waals surface area contributed by atoms with Crippen molar-refractivity contribution < 1.29 is 13.2 Å². The van der Waals surface area contributed by atoms with Gasteiger partial charge in [0.1, 0.15) is 0 Å². The van der Waals surface area contributed by atoms with Gasteiger partial charge in [-0.1, -0.05) is 6.07 Å². The highest BCUT2D eigenvalue weighted by Gasteiger charge is 2.31. The van der Waals surface area contributed by atoms with Gasteiger partial charge in [-0.15, -0.1) is 12.4 Å². The molecule has 1 aromatic rings. The largest absolute Gasteiger partial charge is 0.379 e.